The Morgan fingerprint density at radius 2 is 1.24 bits per heavy atom. The molecule has 0 aliphatic carbocycles. The van der Waals surface area contributed by atoms with Gasteiger partial charge < -0.3 is 14.5 Å². The van der Waals surface area contributed by atoms with Gasteiger partial charge in [0, 0.05) is 0 Å². The zero-order valence-corrected chi connectivity index (χ0v) is 8.53. The van der Waals surface area contributed by atoms with E-state index in [9.17, 15) is 14.4 Å². The van der Waals surface area contributed by atoms with Gasteiger partial charge in [0.1, 0.15) is 0 Å². The molecule has 0 saturated carbocycles. The fraction of sp³-hybridized carbons (Fsp3) is 0.400. The third kappa shape index (κ3) is 3.91. The molecule has 0 rings (SSSR count). The second kappa shape index (κ2) is 6.69. The molecule has 0 radical (unpaired) electrons. The van der Waals surface area contributed by atoms with Crippen LogP contribution in [0.1, 0.15) is 0 Å². The molecule has 12 nitrogen and oxygen atoms in total. The van der Waals surface area contributed by atoms with Crippen molar-refractivity contribution in [3.63, 3.8) is 0 Å². The number of rotatable bonds is 5. The van der Waals surface area contributed by atoms with Crippen LogP contribution >= 0.6 is 0 Å². The quantitative estimate of drug-likeness (QED) is 0.280. The Balaban J connectivity index is 5.06. The Labute approximate surface area is 94.2 Å². The number of hydrogen-bond acceptors (Lipinski definition) is 11. The first kappa shape index (κ1) is 15.2. The van der Waals surface area contributed by atoms with E-state index in [0.29, 0.717) is 0 Å². The Morgan fingerprint density at radius 1 is 0.824 bits per heavy atom. The lowest BCUT2D eigenvalue weighted by atomic mass is 10.5. The van der Waals surface area contributed by atoms with Crippen LogP contribution in [-0.2, 0) is 29.0 Å². The summed E-state index contributed by atoms with van der Waals surface area (Å²) in [4.78, 5) is 48.8. The maximum atomic E-state index is 11.3. The number of carbonyl (C=O) groups excluding carboxylic acids is 3. The van der Waals surface area contributed by atoms with Crippen LogP contribution in [0.3, 0.4) is 0 Å². The van der Waals surface area contributed by atoms with Crippen molar-refractivity contribution < 1.29 is 38.5 Å². The molecule has 0 spiro atoms. The van der Waals surface area contributed by atoms with Gasteiger partial charge >= 0.3 is 18.0 Å². The second-order valence-electron chi connectivity index (χ2n) is 2.67. The summed E-state index contributed by atoms with van der Waals surface area (Å²) in [6.45, 7) is -1.75. The summed E-state index contributed by atoms with van der Waals surface area (Å²) in [6.07, 6.45) is -1.36. The minimum absolute atomic E-state index is 0.877. The average Bonchev–Trinajstić information content (AvgIpc) is 2.36. The Hall–Kier alpha value is -1.83. The maximum Gasteiger partial charge on any atom is 0.571 e. The minimum atomic E-state index is -1.48. The molecular weight excluding hydrogens is 242 g/mol. The van der Waals surface area contributed by atoms with Crippen LogP contribution in [0.5, 0.6) is 0 Å². The summed E-state index contributed by atoms with van der Waals surface area (Å²) in [5, 5.41) is 0. The predicted molar refractivity (Wildman–Crippen MR) is 46.5 cm³/mol. The lowest BCUT2D eigenvalue weighted by molar-refractivity contribution is -1.04. The van der Waals surface area contributed by atoms with E-state index in [1.54, 1.807) is 0 Å². The van der Waals surface area contributed by atoms with Crippen LogP contribution in [0.15, 0.2) is 0 Å². The first-order valence-corrected chi connectivity index (χ1v) is 3.91. The molecule has 0 aliphatic rings. The Kier molecular flexibility index (Phi) is 5.97. The molecule has 0 aliphatic heterocycles. The van der Waals surface area contributed by atoms with Crippen molar-refractivity contribution >= 4 is 18.0 Å². The highest BCUT2D eigenvalue weighted by molar-refractivity contribution is 5.76. The number of amides is 1. The van der Waals surface area contributed by atoms with Gasteiger partial charge in [-0.2, -0.15) is 28.4 Å². The van der Waals surface area contributed by atoms with Gasteiger partial charge in [0.25, 0.3) is 0 Å². The summed E-state index contributed by atoms with van der Waals surface area (Å²) in [6, 6.07) is 0. The first-order valence-electron chi connectivity index (χ1n) is 3.91. The van der Waals surface area contributed by atoms with E-state index in [-0.39, 0.29) is 0 Å². The van der Waals surface area contributed by atoms with E-state index >= 15 is 0 Å². The van der Waals surface area contributed by atoms with Gasteiger partial charge in [0.2, 0.25) is 13.1 Å². The molecule has 0 bridgehead atoms. The van der Waals surface area contributed by atoms with Crippen molar-refractivity contribution in [1.29, 1.82) is 0 Å². The smallest absolute Gasteiger partial charge is 0.369 e. The van der Waals surface area contributed by atoms with Crippen molar-refractivity contribution in [3.05, 3.63) is 0 Å². The molecule has 0 aromatic heterocycles. The molecule has 0 unspecified atom stereocenters. The Morgan fingerprint density at radius 3 is 1.47 bits per heavy atom. The van der Waals surface area contributed by atoms with E-state index in [0.717, 1.165) is 0 Å². The molecule has 0 aromatic carbocycles. The first-order chi connectivity index (χ1) is 7.95. The van der Waals surface area contributed by atoms with Gasteiger partial charge in [-0.3, -0.25) is 0 Å². The number of hydrogen-bond donors (Lipinski definition) is 4. The molecule has 0 fully saturated rings. The fourth-order valence-corrected chi connectivity index (χ4v) is 0.890. The summed E-state index contributed by atoms with van der Waals surface area (Å²) in [7, 11) is 0. The number of nitrogens with zero attached hydrogens (tertiary/aromatic N) is 1. The molecular formula is C5H12N5O7+. The number of carbonyl (C=O) groups is 3. The van der Waals surface area contributed by atoms with E-state index in [1.807, 2.05) is 0 Å². The molecule has 12 heteroatoms. The van der Waals surface area contributed by atoms with Gasteiger partial charge in [0.15, 0.2) is 0 Å². The molecule has 0 aromatic rings. The number of quaternary nitrogens is 1. The van der Waals surface area contributed by atoms with Crippen molar-refractivity contribution in [3.8, 4) is 0 Å². The lowest BCUT2D eigenvalue weighted by Crippen LogP contribution is -2.60. The summed E-state index contributed by atoms with van der Waals surface area (Å²) < 4.78 is -1.48. The minimum Gasteiger partial charge on any atom is -0.369 e. The molecule has 8 N–H and O–H groups in total. The largest absolute Gasteiger partial charge is 0.571 e. The highest BCUT2D eigenvalue weighted by Gasteiger charge is 2.47. The van der Waals surface area contributed by atoms with Crippen LogP contribution in [0.4, 0.5) is 4.79 Å². The highest BCUT2D eigenvalue weighted by Crippen LogP contribution is 2.09. The van der Waals surface area contributed by atoms with E-state index in [4.69, 9.17) is 5.90 Å². The van der Waals surface area contributed by atoms with Crippen molar-refractivity contribution in [2.75, 3.05) is 13.1 Å². The average molecular weight is 254 g/mol. The number of hydroxylamine groups is 3. The van der Waals surface area contributed by atoms with Crippen LogP contribution < -0.4 is 23.6 Å². The van der Waals surface area contributed by atoms with Crippen LogP contribution in [0.25, 0.3) is 0 Å². The van der Waals surface area contributed by atoms with Crippen molar-refractivity contribution in [2.45, 2.75) is 0 Å². The SMILES string of the molecule is NOC(=O)C[N+](CC(=O)ON)(ON)C(=O)ON. The van der Waals surface area contributed by atoms with Crippen LogP contribution in [-0.4, -0.2) is 35.8 Å². The van der Waals surface area contributed by atoms with Gasteiger partial charge in [-0.1, -0.05) is 4.94 Å². The zero-order valence-electron chi connectivity index (χ0n) is 8.53. The van der Waals surface area contributed by atoms with Gasteiger partial charge in [-0.15, -0.1) is 0 Å². The molecule has 1 amide bonds. The zero-order chi connectivity index (χ0) is 13.5. The monoisotopic (exact) mass is 254 g/mol. The standard InChI is InChI=1S/C5H12N5O7/c6-14-3(11)1-10(17-9,5(13)16-8)2-4(12)15-7/h1-2,6-9H2/q+1. The van der Waals surface area contributed by atoms with Gasteiger partial charge in [0.05, 0.1) is 0 Å². The normalized spacial score (nSPS) is 10.6. The summed E-state index contributed by atoms with van der Waals surface area (Å²) in [5.41, 5.74) is 0. The highest BCUT2D eigenvalue weighted by atomic mass is 16.9. The van der Waals surface area contributed by atoms with Crippen LogP contribution in [0, 0.1) is 0 Å². The van der Waals surface area contributed by atoms with E-state index in [2.05, 4.69) is 37.1 Å². The van der Waals surface area contributed by atoms with Gasteiger partial charge in [-0.05, 0) is 4.65 Å². The summed E-state index contributed by atoms with van der Waals surface area (Å²) >= 11 is 0. The molecule has 0 heterocycles. The van der Waals surface area contributed by atoms with Crippen LogP contribution in [0.2, 0.25) is 0 Å². The van der Waals surface area contributed by atoms with E-state index in [1.165, 1.54) is 0 Å². The van der Waals surface area contributed by atoms with Gasteiger partial charge in [-0.25, -0.2) is 9.59 Å². The summed E-state index contributed by atoms with van der Waals surface area (Å²) in [5.74, 6) is 16.3. The molecule has 17 heavy (non-hydrogen) atoms. The predicted octanol–water partition coefficient (Wildman–Crippen LogP) is -3.55. The molecule has 0 atom stereocenters. The second-order valence-corrected chi connectivity index (χ2v) is 2.67. The third-order valence-electron chi connectivity index (χ3n) is 1.67. The third-order valence-corrected chi connectivity index (χ3v) is 1.67. The maximum absolute atomic E-state index is 11.3. The van der Waals surface area contributed by atoms with Crippen molar-refractivity contribution in [2.24, 2.45) is 23.6 Å². The lowest BCUT2D eigenvalue weighted by Gasteiger charge is -2.24. The Bertz CT molecular complexity index is 289. The topological polar surface area (TPSA) is 192 Å². The number of nitrogens with two attached hydrogens (primary N) is 4. The van der Waals surface area contributed by atoms with E-state index < -0.39 is 35.8 Å². The molecule has 0 saturated heterocycles. The fourth-order valence-electron chi connectivity index (χ4n) is 0.890. The van der Waals surface area contributed by atoms with Crippen molar-refractivity contribution in [1.82, 2.24) is 0 Å². The molecule has 98 valence electrons.